The van der Waals surface area contributed by atoms with Gasteiger partial charge in [-0.15, -0.1) is 4.28 Å². The lowest BCUT2D eigenvalue weighted by atomic mass is 10.1. The van der Waals surface area contributed by atoms with Crippen molar-refractivity contribution >= 4 is 22.3 Å². The number of ether oxygens (including phenoxy) is 1. The number of hydroxylamine groups is 2. The first-order chi connectivity index (χ1) is 9.21. The summed E-state index contributed by atoms with van der Waals surface area (Å²) in [6.07, 6.45) is 1.22. The number of carbonyl (C=O) groups excluding carboxylic acids is 2. The van der Waals surface area contributed by atoms with Crippen molar-refractivity contribution in [1.82, 2.24) is 9.96 Å². The van der Waals surface area contributed by atoms with E-state index < -0.39 is 28.4 Å². The molecule has 0 saturated heterocycles. The molecule has 0 spiro atoms. The summed E-state index contributed by atoms with van der Waals surface area (Å²) in [5.41, 5.74) is 5.12. The second-order valence-corrected chi connectivity index (χ2v) is 4.81. The summed E-state index contributed by atoms with van der Waals surface area (Å²) < 4.78 is 39.2. The topological polar surface area (TPSA) is 139 Å². The third kappa shape index (κ3) is 3.66. The Bertz CT molecular complexity index is 530. The summed E-state index contributed by atoms with van der Waals surface area (Å²) in [6, 6.07) is -2.01. The molecule has 0 aromatic carbocycles. The molecule has 1 heterocycles. The number of hydrogen-bond donors (Lipinski definition) is 2. The first-order valence-electron chi connectivity index (χ1n) is 5.48. The molecule has 0 aromatic rings. The molecule has 0 bridgehead atoms. The van der Waals surface area contributed by atoms with Crippen molar-refractivity contribution in [3.8, 4) is 0 Å². The number of likely N-dealkylation sites (N-methyl/N-ethyl adjacent to an activating group) is 1. The summed E-state index contributed by atoms with van der Waals surface area (Å²) in [7, 11) is -3.62. The normalized spacial score (nSPS) is 20.1. The van der Waals surface area contributed by atoms with Gasteiger partial charge in [0.15, 0.2) is 0 Å². The highest BCUT2D eigenvalue weighted by molar-refractivity contribution is 7.80. The summed E-state index contributed by atoms with van der Waals surface area (Å²) in [6.45, 7) is 1.42. The minimum Gasteiger partial charge on any atom is -0.378 e. The van der Waals surface area contributed by atoms with Gasteiger partial charge < -0.3 is 15.4 Å². The lowest BCUT2D eigenvalue weighted by Gasteiger charge is -2.36. The van der Waals surface area contributed by atoms with Crippen molar-refractivity contribution in [2.75, 3.05) is 20.3 Å². The molecular formula is C9H15N3O7S. The Morgan fingerprint density at radius 1 is 1.55 bits per heavy atom. The van der Waals surface area contributed by atoms with Crippen molar-refractivity contribution in [2.45, 2.75) is 13.0 Å². The number of rotatable bonds is 6. The second-order valence-electron chi connectivity index (χ2n) is 3.80. The van der Waals surface area contributed by atoms with E-state index in [0.717, 1.165) is 4.90 Å². The van der Waals surface area contributed by atoms with Gasteiger partial charge in [0, 0.05) is 13.7 Å². The number of primary amides is 1. The highest BCUT2D eigenvalue weighted by Gasteiger charge is 2.38. The molecule has 1 atom stereocenters. The van der Waals surface area contributed by atoms with Crippen LogP contribution in [0, 0.1) is 0 Å². The molecule has 3 amide bonds. The Labute approximate surface area is 115 Å². The van der Waals surface area contributed by atoms with E-state index in [0.29, 0.717) is 5.06 Å². The smallest absolute Gasteiger partial charge is 0.378 e. The van der Waals surface area contributed by atoms with Gasteiger partial charge in [-0.1, -0.05) is 0 Å². The Hall–Kier alpha value is -1.69. The molecule has 0 radical (unpaired) electrons. The number of nitrogens with zero attached hydrogens (tertiary/aromatic N) is 2. The molecule has 1 aliphatic rings. The molecule has 0 aromatic heterocycles. The minimum absolute atomic E-state index is 0.0661. The van der Waals surface area contributed by atoms with E-state index in [4.69, 9.17) is 15.0 Å². The van der Waals surface area contributed by atoms with Crippen LogP contribution in [0.15, 0.2) is 11.8 Å². The number of carbonyl (C=O) groups is 2. The monoisotopic (exact) mass is 309 g/mol. The number of urea groups is 1. The number of nitrogens with two attached hydrogens (primary N) is 1. The minimum atomic E-state index is -4.91. The van der Waals surface area contributed by atoms with Gasteiger partial charge in [-0.3, -0.25) is 9.35 Å². The fraction of sp³-hybridized carbons (Fsp3) is 0.556. The van der Waals surface area contributed by atoms with E-state index in [1.165, 1.54) is 13.2 Å². The molecule has 1 aliphatic heterocycles. The molecule has 10 nitrogen and oxygen atoms in total. The van der Waals surface area contributed by atoms with Crippen LogP contribution in [-0.4, -0.2) is 61.2 Å². The third-order valence-electron chi connectivity index (χ3n) is 2.46. The van der Waals surface area contributed by atoms with Crippen LogP contribution < -0.4 is 5.73 Å². The van der Waals surface area contributed by atoms with Crippen LogP contribution in [-0.2, 0) is 24.2 Å². The lowest BCUT2D eigenvalue weighted by molar-refractivity contribution is -0.122. The Morgan fingerprint density at radius 3 is 2.55 bits per heavy atom. The van der Waals surface area contributed by atoms with Gasteiger partial charge in [-0.2, -0.15) is 13.5 Å². The maximum Gasteiger partial charge on any atom is 0.419 e. The van der Waals surface area contributed by atoms with Crippen LogP contribution in [0.3, 0.4) is 0 Å². The van der Waals surface area contributed by atoms with Crippen molar-refractivity contribution in [1.29, 1.82) is 0 Å². The van der Waals surface area contributed by atoms with Gasteiger partial charge in [0.05, 0.1) is 12.3 Å². The standard InChI is InChI=1S/C9H15N3O7S/c1-3-11-7(8(10)13)4-6(5-18-2)12(9(11)14)19-20(15,16)17/h4,7H,3,5H2,1-2H3,(H2,10,13)(H,15,16,17)/t7-/m0/s1. The maximum atomic E-state index is 12.1. The third-order valence-corrected chi connectivity index (χ3v) is 2.80. The van der Waals surface area contributed by atoms with Gasteiger partial charge in [-0.25, -0.2) is 4.79 Å². The van der Waals surface area contributed by atoms with Crippen LogP contribution >= 0.6 is 0 Å². The molecule has 3 N–H and O–H groups in total. The number of methoxy groups -OCH3 is 1. The predicted molar refractivity (Wildman–Crippen MR) is 65.2 cm³/mol. The summed E-state index contributed by atoms with van der Waals surface area (Å²) in [5.74, 6) is -0.791. The predicted octanol–water partition coefficient (Wildman–Crippen LogP) is -1.14. The highest BCUT2D eigenvalue weighted by atomic mass is 32.3. The van der Waals surface area contributed by atoms with Gasteiger partial charge >= 0.3 is 16.4 Å². The zero-order valence-electron chi connectivity index (χ0n) is 10.8. The van der Waals surface area contributed by atoms with Crippen LogP contribution in [0.25, 0.3) is 0 Å². The Kier molecular flexibility index (Phi) is 5.05. The van der Waals surface area contributed by atoms with E-state index in [9.17, 15) is 18.0 Å². The fourth-order valence-electron chi connectivity index (χ4n) is 1.69. The maximum absolute atomic E-state index is 12.1. The van der Waals surface area contributed by atoms with Crippen molar-refractivity contribution in [3.63, 3.8) is 0 Å². The Balaban J connectivity index is 3.23. The highest BCUT2D eigenvalue weighted by Crippen LogP contribution is 2.21. The first-order valence-corrected chi connectivity index (χ1v) is 6.84. The first kappa shape index (κ1) is 16.4. The molecule has 0 aliphatic carbocycles. The van der Waals surface area contributed by atoms with Crippen LogP contribution in [0.1, 0.15) is 6.92 Å². The molecule has 11 heteroatoms. The Morgan fingerprint density at radius 2 is 2.15 bits per heavy atom. The molecule has 0 fully saturated rings. The second kappa shape index (κ2) is 6.17. The lowest BCUT2D eigenvalue weighted by Crippen LogP contribution is -2.56. The number of hydrogen-bond acceptors (Lipinski definition) is 6. The van der Waals surface area contributed by atoms with Gasteiger partial charge in [0.25, 0.3) is 0 Å². The quantitative estimate of drug-likeness (QED) is 0.591. The van der Waals surface area contributed by atoms with E-state index >= 15 is 0 Å². The van der Waals surface area contributed by atoms with E-state index in [2.05, 4.69) is 4.28 Å². The molecule has 20 heavy (non-hydrogen) atoms. The molecule has 114 valence electrons. The van der Waals surface area contributed by atoms with Gasteiger partial charge in [-0.05, 0) is 13.0 Å². The van der Waals surface area contributed by atoms with Crippen molar-refractivity contribution in [2.24, 2.45) is 5.73 Å². The van der Waals surface area contributed by atoms with E-state index in [-0.39, 0.29) is 18.8 Å². The van der Waals surface area contributed by atoms with Crippen molar-refractivity contribution in [3.05, 3.63) is 11.8 Å². The zero-order valence-corrected chi connectivity index (χ0v) is 11.7. The molecule has 0 unspecified atom stereocenters. The van der Waals surface area contributed by atoms with Crippen LogP contribution in [0.5, 0.6) is 0 Å². The van der Waals surface area contributed by atoms with Crippen LogP contribution in [0.2, 0.25) is 0 Å². The van der Waals surface area contributed by atoms with E-state index in [1.807, 2.05) is 0 Å². The molecular weight excluding hydrogens is 294 g/mol. The average Bonchev–Trinajstić information content (AvgIpc) is 2.32. The summed E-state index contributed by atoms with van der Waals surface area (Å²) in [5, 5.41) is 0.335. The molecule has 0 saturated carbocycles. The number of amides is 3. The molecule has 1 rings (SSSR count). The largest absolute Gasteiger partial charge is 0.419 e. The van der Waals surface area contributed by atoms with E-state index in [1.54, 1.807) is 6.92 Å². The average molecular weight is 309 g/mol. The summed E-state index contributed by atoms with van der Waals surface area (Å²) >= 11 is 0. The van der Waals surface area contributed by atoms with Crippen molar-refractivity contribution < 1.29 is 31.6 Å². The summed E-state index contributed by atoms with van der Waals surface area (Å²) in [4.78, 5) is 24.4. The fourth-order valence-corrected chi connectivity index (χ4v) is 2.04. The SMILES string of the molecule is CCN1C(=O)N(OS(=O)(=O)O)C(COC)=C[C@H]1C(N)=O. The van der Waals surface area contributed by atoms with Crippen LogP contribution in [0.4, 0.5) is 4.79 Å². The zero-order chi connectivity index (χ0) is 15.5. The van der Waals surface area contributed by atoms with Gasteiger partial charge in [0.1, 0.15) is 6.04 Å². The van der Waals surface area contributed by atoms with Gasteiger partial charge in [0.2, 0.25) is 5.91 Å².